The minimum absolute atomic E-state index is 0. The highest BCUT2D eigenvalue weighted by Crippen LogP contribution is 2.21. The number of nitrogens with zero attached hydrogens (tertiary/aromatic N) is 1. The van der Waals surface area contributed by atoms with Crippen LogP contribution in [-0.4, -0.2) is 0 Å². The van der Waals surface area contributed by atoms with Gasteiger partial charge in [0.25, 0.3) is 0 Å². The van der Waals surface area contributed by atoms with E-state index in [9.17, 15) is 5.21 Å². The Morgan fingerprint density at radius 3 is 2.19 bits per heavy atom. The lowest BCUT2D eigenvalue weighted by Gasteiger charge is -1.97. The highest BCUT2D eigenvalue weighted by Gasteiger charge is 2.19. The molecule has 3 nitrogen and oxygen atoms in total. The zero-order valence-electron chi connectivity index (χ0n) is 8.86. The maximum absolute atomic E-state index is 11.7. The Morgan fingerprint density at radius 2 is 1.75 bits per heavy atom. The lowest BCUT2D eigenvalue weighted by Crippen LogP contribution is -2.29. The first-order valence-corrected chi connectivity index (χ1v) is 4.93. The van der Waals surface area contributed by atoms with Gasteiger partial charge in [-0.05, 0) is 24.3 Å². The highest BCUT2D eigenvalue weighted by atomic mass is 35.5. The molecule has 0 radical (unpaired) electrons. The Hall–Kier alpha value is -1.19. The molecule has 0 aliphatic heterocycles. The van der Waals surface area contributed by atoms with Gasteiger partial charge in [0, 0.05) is 18.9 Å². The third kappa shape index (κ3) is 2.15. The van der Waals surface area contributed by atoms with Gasteiger partial charge in [-0.25, -0.2) is 0 Å². The van der Waals surface area contributed by atoms with Crippen LogP contribution in [0, 0.1) is 19.1 Å². The molecule has 0 amide bonds. The van der Waals surface area contributed by atoms with E-state index in [-0.39, 0.29) is 12.4 Å². The average molecular weight is 260 g/mol. The largest absolute Gasteiger partial charge is 0.616 e. The van der Waals surface area contributed by atoms with E-state index in [0.29, 0.717) is 22.4 Å². The van der Waals surface area contributed by atoms with Crippen LogP contribution in [0.1, 0.15) is 11.5 Å². The van der Waals surface area contributed by atoms with E-state index in [1.807, 2.05) is 0 Å². The van der Waals surface area contributed by atoms with Crippen LogP contribution in [-0.2, 0) is 0 Å². The van der Waals surface area contributed by atoms with Gasteiger partial charge in [-0.15, -0.1) is 17.1 Å². The van der Waals surface area contributed by atoms with E-state index < -0.39 is 0 Å². The van der Waals surface area contributed by atoms with Crippen LogP contribution < -0.4 is 4.73 Å². The molecule has 0 saturated heterocycles. The highest BCUT2D eigenvalue weighted by molar-refractivity contribution is 6.30. The quantitative estimate of drug-likeness (QED) is 0.583. The summed E-state index contributed by atoms with van der Waals surface area (Å²) in [6.07, 6.45) is 0. The number of hydrogen-bond acceptors (Lipinski definition) is 2. The molecule has 0 aliphatic rings. The molecule has 1 aromatic carbocycles. The van der Waals surface area contributed by atoms with Crippen molar-refractivity contribution >= 4 is 24.0 Å². The molecule has 0 N–H and O–H groups in total. The second-order valence-electron chi connectivity index (χ2n) is 3.35. The topological polar surface area (TPSA) is 40.1 Å². The van der Waals surface area contributed by atoms with Crippen molar-refractivity contribution < 1.29 is 9.15 Å². The molecular weight excluding hydrogens is 249 g/mol. The minimum Gasteiger partial charge on any atom is -0.616 e. The van der Waals surface area contributed by atoms with Gasteiger partial charge in [0.2, 0.25) is 5.69 Å². The van der Waals surface area contributed by atoms with Crippen molar-refractivity contribution in [3.8, 4) is 11.5 Å². The molecule has 0 fully saturated rings. The fourth-order valence-electron chi connectivity index (χ4n) is 1.32. The SMILES string of the molecule is Cc1oc(-c2ccc(Cl)cc2)[n+]([O-])c1C.Cl. The normalized spacial score (nSPS) is 9.94. The summed E-state index contributed by atoms with van der Waals surface area (Å²) < 4.78 is 6.17. The summed E-state index contributed by atoms with van der Waals surface area (Å²) in [6, 6.07) is 6.97. The molecule has 0 aliphatic carbocycles. The molecule has 5 heteroatoms. The van der Waals surface area contributed by atoms with Gasteiger partial charge >= 0.3 is 5.89 Å². The summed E-state index contributed by atoms with van der Waals surface area (Å²) in [6.45, 7) is 3.49. The van der Waals surface area contributed by atoms with Crippen molar-refractivity contribution in [2.45, 2.75) is 13.8 Å². The van der Waals surface area contributed by atoms with Crippen molar-refractivity contribution in [2.24, 2.45) is 0 Å². The molecule has 16 heavy (non-hydrogen) atoms. The van der Waals surface area contributed by atoms with Crippen LogP contribution in [0.15, 0.2) is 28.7 Å². The van der Waals surface area contributed by atoms with Crippen molar-refractivity contribution in [1.29, 1.82) is 0 Å². The number of benzene rings is 1. The van der Waals surface area contributed by atoms with Crippen LogP contribution in [0.2, 0.25) is 5.02 Å². The van der Waals surface area contributed by atoms with Crippen LogP contribution in [0.25, 0.3) is 11.5 Å². The Morgan fingerprint density at radius 1 is 1.19 bits per heavy atom. The first-order valence-electron chi connectivity index (χ1n) is 4.55. The first-order chi connectivity index (χ1) is 7.09. The molecule has 2 rings (SSSR count). The van der Waals surface area contributed by atoms with E-state index in [1.165, 1.54) is 0 Å². The van der Waals surface area contributed by atoms with E-state index in [4.69, 9.17) is 16.0 Å². The fraction of sp³-hybridized carbons (Fsp3) is 0.182. The molecule has 0 saturated carbocycles. The Bertz CT molecular complexity index is 491. The first kappa shape index (κ1) is 12.9. The Balaban J connectivity index is 0.00000128. The van der Waals surface area contributed by atoms with E-state index in [2.05, 4.69) is 0 Å². The maximum Gasteiger partial charge on any atom is 0.392 e. The van der Waals surface area contributed by atoms with Gasteiger partial charge in [0.1, 0.15) is 0 Å². The number of aryl methyl sites for hydroxylation is 1. The van der Waals surface area contributed by atoms with Crippen LogP contribution >= 0.6 is 24.0 Å². The third-order valence-corrected chi connectivity index (χ3v) is 2.59. The summed E-state index contributed by atoms with van der Waals surface area (Å²) in [5.74, 6) is 0.941. The van der Waals surface area contributed by atoms with Crippen molar-refractivity contribution in [3.63, 3.8) is 0 Å². The van der Waals surface area contributed by atoms with Gasteiger partial charge in [0.05, 0.1) is 5.56 Å². The maximum atomic E-state index is 11.7. The van der Waals surface area contributed by atoms with Crippen molar-refractivity contribution in [1.82, 2.24) is 0 Å². The van der Waals surface area contributed by atoms with Gasteiger partial charge in [0.15, 0.2) is 5.76 Å². The second kappa shape index (κ2) is 4.76. The smallest absolute Gasteiger partial charge is 0.392 e. The Labute approximate surface area is 105 Å². The molecule has 1 heterocycles. The lowest BCUT2D eigenvalue weighted by molar-refractivity contribution is -0.602. The lowest BCUT2D eigenvalue weighted by atomic mass is 10.2. The van der Waals surface area contributed by atoms with E-state index >= 15 is 0 Å². The van der Waals surface area contributed by atoms with Gasteiger partial charge < -0.3 is 9.62 Å². The predicted octanol–water partition coefficient (Wildman–Crippen LogP) is 3.27. The molecule has 86 valence electrons. The van der Waals surface area contributed by atoms with Crippen molar-refractivity contribution in [3.05, 3.63) is 45.9 Å². The number of hydrogen-bond donors (Lipinski definition) is 0. The molecule has 0 atom stereocenters. The van der Waals surface area contributed by atoms with Gasteiger partial charge in [-0.1, -0.05) is 11.6 Å². The van der Waals surface area contributed by atoms with Crippen LogP contribution in [0.4, 0.5) is 0 Å². The standard InChI is InChI=1S/C11H10ClNO2.ClH/c1-7-8(2)15-11(13(7)14)9-3-5-10(12)6-4-9;/h3-6H,1-2H3;1H. The molecular formula is C11H11Cl2NO2. The summed E-state index contributed by atoms with van der Waals surface area (Å²) in [7, 11) is 0. The fourth-order valence-corrected chi connectivity index (χ4v) is 1.45. The number of rotatable bonds is 1. The van der Waals surface area contributed by atoms with E-state index in [0.717, 1.165) is 10.3 Å². The molecule has 0 unspecified atom stereocenters. The van der Waals surface area contributed by atoms with Crippen molar-refractivity contribution in [2.75, 3.05) is 0 Å². The predicted molar refractivity (Wildman–Crippen MR) is 64.8 cm³/mol. The van der Waals surface area contributed by atoms with Gasteiger partial charge in [-0.2, -0.15) is 0 Å². The second-order valence-corrected chi connectivity index (χ2v) is 3.79. The monoisotopic (exact) mass is 259 g/mol. The zero-order chi connectivity index (χ0) is 11.0. The number of aromatic nitrogens is 1. The van der Waals surface area contributed by atoms with Crippen LogP contribution in [0.3, 0.4) is 0 Å². The molecule has 0 spiro atoms. The van der Waals surface area contributed by atoms with Crippen LogP contribution in [0.5, 0.6) is 0 Å². The average Bonchev–Trinajstić information content (AvgIpc) is 2.47. The summed E-state index contributed by atoms with van der Waals surface area (Å²) in [5, 5.41) is 12.3. The Kier molecular flexibility index (Phi) is 3.83. The minimum atomic E-state index is 0. The van der Waals surface area contributed by atoms with Gasteiger partial charge in [-0.3, -0.25) is 0 Å². The molecule has 0 bridgehead atoms. The number of oxazole rings is 1. The summed E-state index contributed by atoms with van der Waals surface area (Å²) in [4.78, 5) is 0. The zero-order valence-corrected chi connectivity index (χ0v) is 10.4. The number of halogens is 2. The van der Waals surface area contributed by atoms with E-state index in [1.54, 1.807) is 38.1 Å². The third-order valence-electron chi connectivity index (χ3n) is 2.34. The molecule has 2 aromatic rings. The molecule has 1 aromatic heterocycles. The summed E-state index contributed by atoms with van der Waals surface area (Å²) >= 11 is 5.76. The summed E-state index contributed by atoms with van der Waals surface area (Å²) in [5.41, 5.74) is 1.31.